The molecule has 1 aliphatic carbocycles. The van der Waals surface area contributed by atoms with Crippen molar-refractivity contribution in [1.29, 1.82) is 0 Å². The Hall–Kier alpha value is 0.240. The van der Waals surface area contributed by atoms with Gasteiger partial charge < -0.3 is 0 Å². The summed E-state index contributed by atoms with van der Waals surface area (Å²) in [4.78, 5) is 2.29. The number of nitrogens with zero attached hydrogens (tertiary/aromatic N) is 1. The Labute approximate surface area is 77.7 Å². The van der Waals surface area contributed by atoms with Crippen LogP contribution in [0.15, 0.2) is 0 Å². The van der Waals surface area contributed by atoms with Gasteiger partial charge in [0, 0.05) is 30.6 Å². The molecule has 0 bridgehead atoms. The highest BCUT2D eigenvalue weighted by atomic mass is 32.2. The number of hydrogen-bond acceptors (Lipinski definition) is 2. The molecule has 3 heteroatoms. The van der Waals surface area contributed by atoms with Gasteiger partial charge in [0.1, 0.15) is 5.67 Å². The molecule has 0 aromatic carbocycles. The van der Waals surface area contributed by atoms with Gasteiger partial charge in [-0.3, -0.25) is 4.90 Å². The van der Waals surface area contributed by atoms with E-state index in [0.29, 0.717) is 11.8 Å². The first-order valence-corrected chi connectivity index (χ1v) is 5.76. The first-order valence-electron chi connectivity index (χ1n) is 4.71. The Bertz CT molecular complexity index is 170. The molecule has 2 rings (SSSR count). The van der Waals surface area contributed by atoms with Gasteiger partial charge in [-0.05, 0) is 12.8 Å². The van der Waals surface area contributed by atoms with Crippen LogP contribution >= 0.6 is 11.8 Å². The van der Waals surface area contributed by atoms with E-state index in [4.69, 9.17) is 0 Å². The third-order valence-electron chi connectivity index (χ3n) is 2.62. The van der Waals surface area contributed by atoms with E-state index in [1.807, 2.05) is 11.8 Å². The van der Waals surface area contributed by atoms with E-state index in [1.54, 1.807) is 0 Å². The lowest BCUT2D eigenvalue weighted by Crippen LogP contribution is -2.40. The Morgan fingerprint density at radius 2 is 2.33 bits per heavy atom. The Kier molecular flexibility index (Phi) is 2.34. The highest BCUT2D eigenvalue weighted by molar-refractivity contribution is 7.99. The van der Waals surface area contributed by atoms with Crippen LogP contribution in [0, 0.1) is 0 Å². The zero-order valence-electron chi connectivity index (χ0n) is 7.55. The number of hydrogen-bond donors (Lipinski definition) is 0. The minimum Gasteiger partial charge on any atom is -0.298 e. The fourth-order valence-corrected chi connectivity index (χ4v) is 2.81. The molecule has 1 nitrogen and oxygen atoms in total. The summed E-state index contributed by atoms with van der Waals surface area (Å²) in [5.41, 5.74) is -0.790. The number of alkyl halides is 1. The van der Waals surface area contributed by atoms with E-state index in [-0.39, 0.29) is 0 Å². The van der Waals surface area contributed by atoms with Crippen molar-refractivity contribution in [1.82, 2.24) is 4.90 Å². The molecule has 0 N–H and O–H groups in total. The molecular formula is C9H16FNS. The number of thioether (sulfide) groups is 1. The van der Waals surface area contributed by atoms with Gasteiger partial charge in [0.25, 0.3) is 0 Å². The van der Waals surface area contributed by atoms with Gasteiger partial charge in [-0.15, -0.1) is 0 Å². The molecule has 1 aliphatic heterocycles. The summed E-state index contributed by atoms with van der Waals surface area (Å²) < 4.78 is 13.4. The third-order valence-corrected chi connectivity index (χ3v) is 3.76. The van der Waals surface area contributed by atoms with Crippen LogP contribution in [0.3, 0.4) is 0 Å². The summed E-state index contributed by atoms with van der Waals surface area (Å²) in [7, 11) is 0. The maximum absolute atomic E-state index is 13.4. The summed E-state index contributed by atoms with van der Waals surface area (Å²) in [6.45, 7) is 5.09. The van der Waals surface area contributed by atoms with E-state index in [9.17, 15) is 4.39 Å². The van der Waals surface area contributed by atoms with E-state index in [1.165, 1.54) is 5.75 Å². The fraction of sp³-hybridized carbons (Fsp3) is 1.00. The lowest BCUT2D eigenvalue weighted by molar-refractivity contribution is 0.181. The van der Waals surface area contributed by atoms with Crippen LogP contribution in [0.5, 0.6) is 0 Å². The molecule has 0 aromatic rings. The highest BCUT2D eigenvalue weighted by Crippen LogP contribution is 2.40. The summed E-state index contributed by atoms with van der Waals surface area (Å²) in [6.07, 6.45) is 1.59. The summed E-state index contributed by atoms with van der Waals surface area (Å²) >= 11 is 2.00. The molecule has 0 aromatic heterocycles. The summed E-state index contributed by atoms with van der Waals surface area (Å²) in [5.74, 6) is 1.18. The average Bonchev–Trinajstić information content (AvgIpc) is 2.67. The first kappa shape index (κ1) is 8.82. The van der Waals surface area contributed by atoms with Crippen molar-refractivity contribution in [3.63, 3.8) is 0 Å². The van der Waals surface area contributed by atoms with Crippen LogP contribution in [0.2, 0.25) is 0 Å². The molecule has 70 valence electrons. The minimum absolute atomic E-state index is 0.692. The molecule has 2 aliphatic rings. The number of rotatable bonds is 2. The van der Waals surface area contributed by atoms with Crippen molar-refractivity contribution in [2.75, 3.05) is 25.4 Å². The van der Waals surface area contributed by atoms with Crippen LogP contribution in [0.4, 0.5) is 4.39 Å². The van der Waals surface area contributed by atoms with Crippen molar-refractivity contribution in [2.45, 2.75) is 30.7 Å². The third kappa shape index (κ3) is 2.13. The van der Waals surface area contributed by atoms with E-state index < -0.39 is 5.67 Å². The van der Waals surface area contributed by atoms with Crippen LogP contribution < -0.4 is 0 Å². The van der Waals surface area contributed by atoms with Gasteiger partial charge >= 0.3 is 0 Å². The van der Waals surface area contributed by atoms with Gasteiger partial charge in [0.15, 0.2) is 0 Å². The quantitative estimate of drug-likeness (QED) is 0.653. The largest absolute Gasteiger partial charge is 0.298 e. The topological polar surface area (TPSA) is 3.24 Å². The van der Waals surface area contributed by atoms with E-state index in [0.717, 1.165) is 25.9 Å². The molecule has 0 radical (unpaired) electrons. The molecule has 2 fully saturated rings. The molecule has 1 atom stereocenters. The van der Waals surface area contributed by atoms with Gasteiger partial charge in [-0.2, -0.15) is 11.8 Å². The van der Waals surface area contributed by atoms with Crippen LogP contribution in [0.1, 0.15) is 19.8 Å². The second-order valence-electron chi connectivity index (χ2n) is 4.07. The zero-order valence-corrected chi connectivity index (χ0v) is 8.37. The van der Waals surface area contributed by atoms with Crippen LogP contribution in [-0.2, 0) is 0 Å². The molecule has 0 amide bonds. The summed E-state index contributed by atoms with van der Waals surface area (Å²) in [5, 5.41) is 0.695. The molecule has 12 heavy (non-hydrogen) atoms. The standard InChI is InChI=1S/C9H16FNS/c1-8-6-11(4-5-12-8)7-9(10)2-3-9/h8H,2-7H2,1H3. The van der Waals surface area contributed by atoms with Crippen LogP contribution in [-0.4, -0.2) is 41.2 Å². The first-order chi connectivity index (χ1) is 5.68. The highest BCUT2D eigenvalue weighted by Gasteiger charge is 2.44. The molecule has 1 saturated carbocycles. The number of halogens is 1. The van der Waals surface area contributed by atoms with Gasteiger partial charge in [0.2, 0.25) is 0 Å². The Morgan fingerprint density at radius 3 is 2.92 bits per heavy atom. The molecule has 1 unspecified atom stereocenters. The predicted octanol–water partition coefficient (Wildman–Crippen LogP) is 1.93. The smallest absolute Gasteiger partial charge is 0.123 e. The zero-order chi connectivity index (χ0) is 8.60. The van der Waals surface area contributed by atoms with Crippen LogP contribution in [0.25, 0.3) is 0 Å². The van der Waals surface area contributed by atoms with Crippen molar-refractivity contribution >= 4 is 11.8 Å². The maximum atomic E-state index is 13.4. The van der Waals surface area contributed by atoms with Gasteiger partial charge in [-0.1, -0.05) is 6.92 Å². The Morgan fingerprint density at radius 1 is 1.58 bits per heavy atom. The van der Waals surface area contributed by atoms with Crippen molar-refractivity contribution in [2.24, 2.45) is 0 Å². The van der Waals surface area contributed by atoms with Gasteiger partial charge in [0.05, 0.1) is 0 Å². The second-order valence-corrected chi connectivity index (χ2v) is 5.61. The predicted molar refractivity (Wildman–Crippen MR) is 51.4 cm³/mol. The maximum Gasteiger partial charge on any atom is 0.123 e. The van der Waals surface area contributed by atoms with Crippen molar-refractivity contribution in [3.05, 3.63) is 0 Å². The van der Waals surface area contributed by atoms with Gasteiger partial charge in [-0.25, -0.2) is 4.39 Å². The average molecular weight is 189 g/mol. The molecule has 1 heterocycles. The van der Waals surface area contributed by atoms with E-state index >= 15 is 0 Å². The lowest BCUT2D eigenvalue weighted by atomic mass is 10.3. The Balaban J connectivity index is 1.79. The van der Waals surface area contributed by atoms with Crippen molar-refractivity contribution in [3.8, 4) is 0 Å². The summed E-state index contributed by atoms with van der Waals surface area (Å²) in [6, 6.07) is 0. The monoisotopic (exact) mass is 189 g/mol. The molecule has 0 spiro atoms. The molecule has 1 saturated heterocycles. The SMILES string of the molecule is CC1CN(CC2(F)CC2)CCS1. The second kappa shape index (κ2) is 3.18. The minimum atomic E-state index is -0.790. The lowest BCUT2D eigenvalue weighted by Gasteiger charge is -2.31. The fourth-order valence-electron chi connectivity index (χ4n) is 1.73. The van der Waals surface area contributed by atoms with Crippen molar-refractivity contribution < 1.29 is 4.39 Å². The normalized spacial score (nSPS) is 35.0. The molecular weight excluding hydrogens is 173 g/mol. The van der Waals surface area contributed by atoms with E-state index in [2.05, 4.69) is 11.8 Å².